The van der Waals surface area contributed by atoms with Gasteiger partial charge in [0.05, 0.1) is 19.2 Å². The average Bonchev–Trinajstić information content (AvgIpc) is 3.56. The van der Waals surface area contributed by atoms with Crippen molar-refractivity contribution in [3.05, 3.63) is 105 Å². The Balaban J connectivity index is 1.47. The highest BCUT2D eigenvalue weighted by atomic mass is 32.2. The monoisotopic (exact) mass is 579 g/mol. The molecule has 0 N–H and O–H groups in total. The summed E-state index contributed by atoms with van der Waals surface area (Å²) >= 11 is 1.41. The first-order chi connectivity index (χ1) is 19.9. The highest BCUT2D eigenvalue weighted by molar-refractivity contribution is 7.98. The molecule has 1 aliphatic carbocycles. The molecule has 210 valence electrons. The fourth-order valence-corrected chi connectivity index (χ4v) is 7.45. The molecular weight excluding hydrogens is 556 g/mol. The molecule has 3 aliphatic heterocycles. The van der Waals surface area contributed by atoms with Crippen molar-refractivity contribution in [2.24, 2.45) is 5.92 Å². The van der Waals surface area contributed by atoms with Crippen molar-refractivity contribution in [3.63, 3.8) is 0 Å². The predicted octanol–water partition coefficient (Wildman–Crippen LogP) is 4.32. The standard InChI is InChI=1S/C29H23F2N3O6S/c1-38-29(37)40-14-39-26-21(35)10-11-32-25(26)28(36)33-16-7-6-15(12-16)27(33)34(32)24-17-8-9-20(30)23(31)19(17)13-41-22-5-3-2-4-18(22)24/h2-11,15-16,24,27H,12-14H2,1H3/t15-,16+,24+,27-/m1/s1. The minimum absolute atomic E-state index is 0.0413. The van der Waals surface area contributed by atoms with E-state index >= 15 is 4.39 Å². The lowest BCUT2D eigenvalue weighted by atomic mass is 9.92. The molecule has 0 radical (unpaired) electrons. The third-order valence-electron chi connectivity index (χ3n) is 8.04. The molecule has 9 nitrogen and oxygen atoms in total. The highest BCUT2D eigenvalue weighted by Gasteiger charge is 2.55. The second kappa shape index (κ2) is 9.65. The number of carbonyl (C=O) groups is 2. The van der Waals surface area contributed by atoms with E-state index in [1.165, 1.54) is 24.0 Å². The molecule has 41 heavy (non-hydrogen) atoms. The van der Waals surface area contributed by atoms with E-state index in [9.17, 15) is 18.8 Å². The summed E-state index contributed by atoms with van der Waals surface area (Å²) in [5, 5.41) is 1.96. The molecule has 4 heterocycles. The van der Waals surface area contributed by atoms with Crippen LogP contribution in [0.15, 0.2) is 70.5 Å². The van der Waals surface area contributed by atoms with E-state index in [0.717, 1.165) is 23.6 Å². The lowest BCUT2D eigenvalue weighted by Gasteiger charge is -2.50. The van der Waals surface area contributed by atoms with E-state index in [2.05, 4.69) is 10.8 Å². The van der Waals surface area contributed by atoms with Gasteiger partial charge in [-0.15, -0.1) is 11.8 Å². The molecule has 2 bridgehead atoms. The number of thioether (sulfide) groups is 1. The molecule has 7 rings (SSSR count). The minimum atomic E-state index is -1.01. The van der Waals surface area contributed by atoms with Crippen molar-refractivity contribution in [2.45, 2.75) is 35.3 Å². The van der Waals surface area contributed by atoms with Crippen molar-refractivity contribution in [3.8, 4) is 5.75 Å². The number of amides is 1. The van der Waals surface area contributed by atoms with Gasteiger partial charge < -0.3 is 19.1 Å². The number of hydrogen-bond donors (Lipinski definition) is 0. The van der Waals surface area contributed by atoms with Crippen molar-refractivity contribution >= 4 is 23.8 Å². The summed E-state index contributed by atoms with van der Waals surface area (Å²) in [4.78, 5) is 41.2. The minimum Gasteiger partial charge on any atom is -0.451 e. The molecule has 2 aromatic carbocycles. The molecule has 4 aliphatic rings. The summed E-state index contributed by atoms with van der Waals surface area (Å²) in [6.07, 6.45) is 4.73. The van der Waals surface area contributed by atoms with Crippen LogP contribution >= 0.6 is 11.8 Å². The number of fused-ring (bicyclic) bond motifs is 8. The van der Waals surface area contributed by atoms with Gasteiger partial charge in [-0.1, -0.05) is 36.4 Å². The first-order valence-corrected chi connectivity index (χ1v) is 13.9. The highest BCUT2D eigenvalue weighted by Crippen LogP contribution is 2.49. The largest absolute Gasteiger partial charge is 0.510 e. The summed E-state index contributed by atoms with van der Waals surface area (Å²) in [6, 6.07) is 10.8. The zero-order valence-corrected chi connectivity index (χ0v) is 22.5. The van der Waals surface area contributed by atoms with Crippen LogP contribution in [0.4, 0.5) is 13.6 Å². The number of hydrogen-bond acceptors (Lipinski definition) is 8. The maximum Gasteiger partial charge on any atom is 0.510 e. The third-order valence-corrected chi connectivity index (χ3v) is 9.15. The quantitative estimate of drug-likeness (QED) is 0.257. The Morgan fingerprint density at radius 3 is 2.73 bits per heavy atom. The molecular formula is C29H23F2N3O6S. The van der Waals surface area contributed by atoms with Gasteiger partial charge in [0, 0.05) is 34.4 Å². The number of halogens is 2. The van der Waals surface area contributed by atoms with E-state index < -0.39 is 48.1 Å². The first kappa shape index (κ1) is 25.6. The van der Waals surface area contributed by atoms with Crippen molar-refractivity contribution < 1.29 is 32.6 Å². The fraction of sp³-hybridized carbons (Fsp3) is 0.276. The molecule has 3 aromatic rings. The van der Waals surface area contributed by atoms with Crippen molar-refractivity contribution in [1.82, 2.24) is 9.58 Å². The van der Waals surface area contributed by atoms with Crippen molar-refractivity contribution in [2.75, 3.05) is 18.9 Å². The average molecular weight is 580 g/mol. The van der Waals surface area contributed by atoms with E-state index in [4.69, 9.17) is 9.47 Å². The fourth-order valence-electron chi connectivity index (χ4n) is 6.34. The number of carbonyl (C=O) groups excluding carboxylic acids is 2. The van der Waals surface area contributed by atoms with E-state index in [0.29, 0.717) is 12.0 Å². The van der Waals surface area contributed by atoms with Gasteiger partial charge in [-0.05, 0) is 29.7 Å². The molecule has 0 unspecified atom stereocenters. The molecule has 12 heteroatoms. The van der Waals surface area contributed by atoms with Gasteiger partial charge in [-0.3, -0.25) is 19.3 Å². The summed E-state index contributed by atoms with van der Waals surface area (Å²) in [5.74, 6) is -2.38. The second-order valence-corrected chi connectivity index (χ2v) is 11.1. The number of pyridine rings is 1. The van der Waals surface area contributed by atoms with E-state index in [1.807, 2.05) is 35.4 Å². The van der Waals surface area contributed by atoms with Crippen LogP contribution in [0.25, 0.3) is 0 Å². The van der Waals surface area contributed by atoms with Crippen LogP contribution in [0.3, 0.4) is 0 Å². The van der Waals surface area contributed by atoms with Crippen LogP contribution in [0.1, 0.15) is 39.6 Å². The molecule has 4 atom stereocenters. The number of aromatic nitrogens is 1. The summed E-state index contributed by atoms with van der Waals surface area (Å²) in [6.45, 7) is -0.655. The van der Waals surface area contributed by atoms with Gasteiger partial charge in [-0.2, -0.15) is 0 Å². The van der Waals surface area contributed by atoms with Gasteiger partial charge in [0.2, 0.25) is 18.0 Å². The summed E-state index contributed by atoms with van der Waals surface area (Å²) in [5.41, 5.74) is 1.01. The third kappa shape index (κ3) is 3.84. The van der Waals surface area contributed by atoms with Crippen LogP contribution in [0, 0.1) is 17.6 Å². The summed E-state index contributed by atoms with van der Waals surface area (Å²) in [7, 11) is 1.13. The van der Waals surface area contributed by atoms with E-state index in [1.54, 1.807) is 15.6 Å². The topological polar surface area (TPSA) is 90.3 Å². The Kier molecular flexibility index (Phi) is 6.03. The zero-order chi connectivity index (χ0) is 28.4. The Morgan fingerprint density at radius 1 is 1.07 bits per heavy atom. The van der Waals surface area contributed by atoms with Crippen LogP contribution in [-0.4, -0.2) is 47.7 Å². The lowest BCUT2D eigenvalue weighted by Crippen LogP contribution is -2.63. The summed E-state index contributed by atoms with van der Waals surface area (Å²) < 4.78 is 46.3. The van der Waals surface area contributed by atoms with Crippen LogP contribution in [-0.2, 0) is 15.2 Å². The Hall–Kier alpha value is -4.32. The molecule has 1 fully saturated rings. The molecule has 0 saturated carbocycles. The van der Waals surface area contributed by atoms with Crippen LogP contribution in [0.5, 0.6) is 5.75 Å². The number of rotatable bonds is 4. The zero-order valence-electron chi connectivity index (χ0n) is 21.7. The maximum absolute atomic E-state index is 15.4. The van der Waals surface area contributed by atoms with E-state index in [-0.39, 0.29) is 34.7 Å². The van der Waals surface area contributed by atoms with Gasteiger partial charge in [0.1, 0.15) is 6.17 Å². The Bertz CT molecular complexity index is 1690. The molecule has 1 aromatic heterocycles. The molecule has 0 spiro atoms. The Morgan fingerprint density at radius 2 is 1.90 bits per heavy atom. The predicted molar refractivity (Wildman–Crippen MR) is 143 cm³/mol. The smallest absolute Gasteiger partial charge is 0.451 e. The second-order valence-electron chi connectivity index (χ2n) is 10.1. The Labute approximate surface area is 236 Å². The first-order valence-electron chi connectivity index (χ1n) is 13.0. The molecule has 1 amide bonds. The van der Waals surface area contributed by atoms with Gasteiger partial charge in [-0.25, -0.2) is 13.6 Å². The number of methoxy groups -OCH3 is 1. The number of nitrogens with zero attached hydrogens (tertiary/aromatic N) is 3. The van der Waals surface area contributed by atoms with Crippen LogP contribution in [0.2, 0.25) is 0 Å². The number of benzene rings is 2. The normalized spacial score (nSPS) is 23.3. The maximum atomic E-state index is 15.4. The van der Waals surface area contributed by atoms with Gasteiger partial charge in [0.15, 0.2) is 17.3 Å². The van der Waals surface area contributed by atoms with Gasteiger partial charge in [0.25, 0.3) is 5.91 Å². The van der Waals surface area contributed by atoms with Gasteiger partial charge >= 0.3 is 6.16 Å². The van der Waals surface area contributed by atoms with Crippen molar-refractivity contribution in [1.29, 1.82) is 0 Å². The lowest BCUT2D eigenvalue weighted by molar-refractivity contribution is 0.0130. The molecule has 1 saturated heterocycles. The number of ether oxygens (including phenoxy) is 3. The van der Waals surface area contributed by atoms with Crippen LogP contribution < -0.4 is 15.2 Å². The SMILES string of the molecule is COC(=O)OCOc1c2n(ccc1=O)N([C@@H]1c3ccccc3SCc3c1ccc(F)c3F)[C@@H]1[C@@H]3C=C[C@@H](C3)N1C2=O.